The highest BCUT2D eigenvalue weighted by Gasteiger charge is 2.08. The Bertz CT molecular complexity index is 382. The highest BCUT2D eigenvalue weighted by molar-refractivity contribution is 6.32. The van der Waals surface area contributed by atoms with E-state index in [1.807, 2.05) is 12.1 Å². The van der Waals surface area contributed by atoms with Crippen molar-refractivity contribution in [1.29, 1.82) is 0 Å². The van der Waals surface area contributed by atoms with Crippen molar-refractivity contribution in [2.75, 3.05) is 33.8 Å². The van der Waals surface area contributed by atoms with E-state index in [0.29, 0.717) is 17.7 Å². The number of hydrogen-bond acceptors (Lipinski definition) is 3. The lowest BCUT2D eigenvalue weighted by atomic mass is 10.1. The molecule has 0 spiro atoms. The Labute approximate surface area is 121 Å². The van der Waals surface area contributed by atoms with Crippen LogP contribution in [-0.4, -0.2) is 38.7 Å². The number of hydrogen-bond donors (Lipinski definition) is 1. The topological polar surface area (TPSA) is 24.5 Å². The second-order valence-electron chi connectivity index (χ2n) is 4.97. The van der Waals surface area contributed by atoms with Crippen LogP contribution in [0.1, 0.15) is 31.9 Å². The highest BCUT2D eigenvalue weighted by Crippen LogP contribution is 2.28. The molecule has 0 radical (unpaired) electrons. The lowest BCUT2D eigenvalue weighted by Crippen LogP contribution is -2.17. The van der Waals surface area contributed by atoms with E-state index in [2.05, 4.69) is 44.2 Å². The van der Waals surface area contributed by atoms with Gasteiger partial charge in [0.2, 0.25) is 0 Å². The summed E-state index contributed by atoms with van der Waals surface area (Å²) < 4.78 is 5.70. The van der Waals surface area contributed by atoms with E-state index in [4.69, 9.17) is 16.3 Å². The number of nitrogens with zero attached hydrogens (tertiary/aromatic N) is 1. The van der Waals surface area contributed by atoms with Crippen molar-refractivity contribution in [1.82, 2.24) is 10.2 Å². The minimum Gasteiger partial charge on any atom is -0.492 e. The fourth-order valence-electron chi connectivity index (χ4n) is 1.89. The largest absolute Gasteiger partial charge is 0.492 e. The van der Waals surface area contributed by atoms with E-state index in [1.54, 1.807) is 0 Å². The van der Waals surface area contributed by atoms with Crippen LogP contribution in [0.15, 0.2) is 18.2 Å². The summed E-state index contributed by atoms with van der Waals surface area (Å²) in [6, 6.07) is 6.32. The minimum absolute atomic E-state index is 0.310. The molecule has 1 N–H and O–H groups in total. The average molecular weight is 285 g/mol. The molecule has 0 saturated carbocycles. The maximum absolute atomic E-state index is 6.25. The Kier molecular flexibility index (Phi) is 7.21. The minimum atomic E-state index is 0.310. The third-order valence-corrected chi connectivity index (χ3v) is 3.27. The zero-order valence-electron chi connectivity index (χ0n) is 12.4. The fraction of sp³-hybridized carbons (Fsp3) is 0.600. The van der Waals surface area contributed by atoms with Crippen LogP contribution >= 0.6 is 11.6 Å². The molecule has 4 heteroatoms. The molecule has 0 aromatic heterocycles. The monoisotopic (exact) mass is 284 g/mol. The van der Waals surface area contributed by atoms with Gasteiger partial charge in [0.05, 0.1) is 11.6 Å². The van der Waals surface area contributed by atoms with Crippen LogP contribution in [0.5, 0.6) is 5.75 Å². The summed E-state index contributed by atoms with van der Waals surface area (Å²) in [7, 11) is 4.12. The van der Waals surface area contributed by atoms with Crippen LogP contribution < -0.4 is 10.1 Å². The Morgan fingerprint density at radius 2 is 2.11 bits per heavy atom. The molecule has 108 valence electrons. The van der Waals surface area contributed by atoms with Crippen molar-refractivity contribution in [2.45, 2.75) is 26.3 Å². The molecule has 1 aromatic rings. The predicted octanol–water partition coefficient (Wildman–Crippen LogP) is 3.34. The van der Waals surface area contributed by atoms with E-state index in [1.165, 1.54) is 5.56 Å². The summed E-state index contributed by atoms with van der Waals surface area (Å²) in [5.74, 6) is 0.771. The zero-order chi connectivity index (χ0) is 14.3. The molecular weight excluding hydrogens is 260 g/mol. The molecule has 0 heterocycles. The lowest BCUT2D eigenvalue weighted by Gasteiger charge is -2.15. The van der Waals surface area contributed by atoms with E-state index in [0.717, 1.165) is 25.3 Å². The maximum atomic E-state index is 6.25. The van der Waals surface area contributed by atoms with Crippen LogP contribution in [0.2, 0.25) is 5.02 Å². The van der Waals surface area contributed by atoms with Gasteiger partial charge in [-0.25, -0.2) is 0 Å². The molecule has 1 rings (SSSR count). The summed E-state index contributed by atoms with van der Waals surface area (Å²) in [6.07, 6.45) is 0.999. The van der Waals surface area contributed by atoms with Crippen LogP contribution in [0.3, 0.4) is 0 Å². The van der Waals surface area contributed by atoms with Gasteiger partial charge in [-0.05, 0) is 51.7 Å². The first-order valence-corrected chi connectivity index (χ1v) is 7.22. The van der Waals surface area contributed by atoms with Gasteiger partial charge in [-0.1, -0.05) is 24.6 Å². The Hall–Kier alpha value is -0.770. The number of ether oxygens (including phenoxy) is 1. The molecule has 0 aliphatic rings. The Morgan fingerprint density at radius 3 is 2.68 bits per heavy atom. The van der Waals surface area contributed by atoms with Crippen molar-refractivity contribution in [3.8, 4) is 5.75 Å². The normalized spacial score (nSPS) is 12.7. The van der Waals surface area contributed by atoms with Crippen molar-refractivity contribution in [2.24, 2.45) is 0 Å². The molecule has 19 heavy (non-hydrogen) atoms. The van der Waals surface area contributed by atoms with Gasteiger partial charge in [-0.2, -0.15) is 0 Å². The SMILES string of the molecule is CCNC(C)c1ccc(OCCCN(C)C)c(Cl)c1. The number of rotatable bonds is 8. The number of benzene rings is 1. The molecule has 1 unspecified atom stereocenters. The van der Waals surface area contributed by atoms with Crippen molar-refractivity contribution >= 4 is 11.6 Å². The van der Waals surface area contributed by atoms with E-state index < -0.39 is 0 Å². The van der Waals surface area contributed by atoms with Gasteiger partial charge in [0, 0.05) is 12.6 Å². The lowest BCUT2D eigenvalue weighted by molar-refractivity contribution is 0.281. The predicted molar refractivity (Wildman–Crippen MR) is 82.2 cm³/mol. The number of halogens is 1. The Balaban J connectivity index is 2.52. The summed E-state index contributed by atoms with van der Waals surface area (Å²) in [4.78, 5) is 2.15. The standard InChI is InChI=1S/C15H25ClN2O/c1-5-17-12(2)13-7-8-15(14(16)11-13)19-10-6-9-18(3)4/h7-8,11-12,17H,5-6,9-10H2,1-4H3. The first-order valence-electron chi connectivity index (χ1n) is 6.85. The van der Waals surface area contributed by atoms with Crippen molar-refractivity contribution in [3.05, 3.63) is 28.8 Å². The molecule has 0 fully saturated rings. The van der Waals surface area contributed by atoms with Crippen molar-refractivity contribution in [3.63, 3.8) is 0 Å². The highest BCUT2D eigenvalue weighted by atomic mass is 35.5. The second-order valence-corrected chi connectivity index (χ2v) is 5.38. The van der Waals surface area contributed by atoms with E-state index >= 15 is 0 Å². The summed E-state index contributed by atoms with van der Waals surface area (Å²) in [5.41, 5.74) is 1.19. The zero-order valence-corrected chi connectivity index (χ0v) is 13.1. The molecule has 3 nitrogen and oxygen atoms in total. The fourth-order valence-corrected chi connectivity index (χ4v) is 2.13. The molecule has 0 aliphatic carbocycles. The first-order chi connectivity index (χ1) is 9.04. The van der Waals surface area contributed by atoms with Gasteiger partial charge in [0.25, 0.3) is 0 Å². The molecular formula is C15H25ClN2O. The summed E-state index contributed by atoms with van der Waals surface area (Å²) >= 11 is 6.25. The van der Waals surface area contributed by atoms with Crippen LogP contribution in [0.4, 0.5) is 0 Å². The third-order valence-electron chi connectivity index (χ3n) is 2.97. The van der Waals surface area contributed by atoms with Gasteiger partial charge in [0.15, 0.2) is 0 Å². The van der Waals surface area contributed by atoms with Crippen molar-refractivity contribution < 1.29 is 4.74 Å². The molecule has 1 atom stereocenters. The molecule has 1 aromatic carbocycles. The van der Waals surface area contributed by atoms with E-state index in [9.17, 15) is 0 Å². The average Bonchev–Trinajstić information content (AvgIpc) is 2.36. The first kappa shape index (κ1) is 16.3. The summed E-state index contributed by atoms with van der Waals surface area (Å²) in [5, 5.41) is 4.06. The van der Waals surface area contributed by atoms with Crippen LogP contribution in [0.25, 0.3) is 0 Å². The van der Waals surface area contributed by atoms with Crippen LogP contribution in [0, 0.1) is 0 Å². The summed E-state index contributed by atoms with van der Waals surface area (Å²) in [6.45, 7) is 6.89. The van der Waals surface area contributed by atoms with Gasteiger partial charge in [-0.15, -0.1) is 0 Å². The molecule has 0 aliphatic heterocycles. The second kappa shape index (κ2) is 8.41. The third kappa shape index (κ3) is 5.81. The van der Waals surface area contributed by atoms with E-state index in [-0.39, 0.29) is 0 Å². The van der Waals surface area contributed by atoms with Gasteiger partial charge >= 0.3 is 0 Å². The molecule has 0 amide bonds. The van der Waals surface area contributed by atoms with Gasteiger partial charge in [0.1, 0.15) is 5.75 Å². The van der Waals surface area contributed by atoms with Gasteiger partial charge < -0.3 is 15.0 Å². The quantitative estimate of drug-likeness (QED) is 0.741. The van der Waals surface area contributed by atoms with Crippen LogP contribution in [-0.2, 0) is 0 Å². The number of nitrogens with one attached hydrogen (secondary N) is 1. The smallest absolute Gasteiger partial charge is 0.137 e. The molecule has 0 bridgehead atoms. The van der Waals surface area contributed by atoms with Gasteiger partial charge in [-0.3, -0.25) is 0 Å². The Morgan fingerprint density at radius 1 is 1.37 bits per heavy atom. The maximum Gasteiger partial charge on any atom is 0.137 e. The molecule has 0 saturated heterocycles.